The summed E-state index contributed by atoms with van der Waals surface area (Å²) in [4.78, 5) is 23.4. The fourth-order valence-electron chi connectivity index (χ4n) is 2.86. The van der Waals surface area contributed by atoms with Crippen molar-refractivity contribution in [3.05, 3.63) is 53.1 Å². The average molecular weight is 328 g/mol. The van der Waals surface area contributed by atoms with Gasteiger partial charge in [-0.15, -0.1) is 0 Å². The molecule has 1 fully saturated rings. The van der Waals surface area contributed by atoms with Crippen LogP contribution in [-0.2, 0) is 0 Å². The monoisotopic (exact) mass is 328 g/mol. The second-order valence-corrected chi connectivity index (χ2v) is 6.11. The minimum atomic E-state index is -0.293. The Kier molecular flexibility index (Phi) is 4.74. The molecule has 0 radical (unpaired) electrons. The van der Waals surface area contributed by atoms with Crippen molar-refractivity contribution in [2.24, 2.45) is 0 Å². The van der Waals surface area contributed by atoms with Gasteiger partial charge in [-0.1, -0.05) is 12.1 Å². The Morgan fingerprint density at radius 2 is 1.92 bits per heavy atom. The van der Waals surface area contributed by atoms with E-state index in [2.05, 4.69) is 20.2 Å². The van der Waals surface area contributed by atoms with E-state index in [0.29, 0.717) is 17.2 Å². The van der Waals surface area contributed by atoms with Crippen molar-refractivity contribution >= 4 is 11.9 Å². The fraction of sp³-hybridized carbons (Fsp3) is 0.389. The number of benzene rings is 1. The molecular weight excluding hydrogens is 307 g/mol. The molecule has 126 valence electrons. The van der Waals surface area contributed by atoms with Gasteiger partial charge < -0.3 is 10.2 Å². The number of hydrogen-bond donors (Lipinski definition) is 1. The van der Waals surface area contributed by atoms with Gasteiger partial charge in [0.05, 0.1) is 17.3 Å². The lowest BCUT2D eigenvalue weighted by atomic mass is 10.1. The van der Waals surface area contributed by atoms with Crippen LogP contribution in [0.1, 0.15) is 47.4 Å². The lowest BCUT2D eigenvalue weighted by molar-refractivity contribution is 0.0938. The molecule has 2 aromatic rings. The van der Waals surface area contributed by atoms with Crippen LogP contribution in [-0.4, -0.2) is 29.0 Å². The molecule has 5 nitrogen and oxygen atoms in total. The number of aromatic nitrogens is 2. The number of aryl methyl sites for hydroxylation is 1. The molecular formula is C18H21FN4O. The molecule has 1 aromatic carbocycles. The molecule has 2 heterocycles. The predicted molar refractivity (Wildman–Crippen MR) is 90.5 cm³/mol. The summed E-state index contributed by atoms with van der Waals surface area (Å²) in [6.07, 6.45) is 3.89. The van der Waals surface area contributed by atoms with E-state index in [4.69, 9.17) is 0 Å². The van der Waals surface area contributed by atoms with Gasteiger partial charge >= 0.3 is 0 Å². The molecule has 0 aliphatic carbocycles. The van der Waals surface area contributed by atoms with Gasteiger partial charge in [0.15, 0.2) is 0 Å². The zero-order valence-electron chi connectivity index (χ0n) is 13.9. The van der Waals surface area contributed by atoms with Gasteiger partial charge in [-0.25, -0.2) is 14.4 Å². The van der Waals surface area contributed by atoms with Crippen molar-refractivity contribution in [1.82, 2.24) is 15.3 Å². The molecule has 1 amide bonds. The van der Waals surface area contributed by atoms with E-state index >= 15 is 0 Å². The van der Waals surface area contributed by atoms with Crippen LogP contribution in [0.2, 0.25) is 0 Å². The minimum Gasteiger partial charge on any atom is -0.345 e. The fourth-order valence-corrected chi connectivity index (χ4v) is 2.86. The molecule has 1 unspecified atom stereocenters. The van der Waals surface area contributed by atoms with E-state index in [1.165, 1.54) is 12.1 Å². The highest BCUT2D eigenvalue weighted by Gasteiger charge is 2.19. The number of rotatable bonds is 4. The Morgan fingerprint density at radius 3 is 2.54 bits per heavy atom. The summed E-state index contributed by atoms with van der Waals surface area (Å²) in [5.74, 6) is 0.171. The Bertz CT molecular complexity index is 726. The Hall–Kier alpha value is -2.50. The second-order valence-electron chi connectivity index (χ2n) is 6.11. The largest absolute Gasteiger partial charge is 0.345 e. The van der Waals surface area contributed by atoms with Crippen molar-refractivity contribution in [3.8, 4) is 0 Å². The van der Waals surface area contributed by atoms with Gasteiger partial charge in [0.25, 0.3) is 5.91 Å². The number of nitrogens with one attached hydrogen (secondary N) is 1. The van der Waals surface area contributed by atoms with E-state index in [1.54, 1.807) is 18.3 Å². The van der Waals surface area contributed by atoms with Crippen LogP contribution in [0.25, 0.3) is 0 Å². The van der Waals surface area contributed by atoms with Crippen LogP contribution in [0.4, 0.5) is 10.3 Å². The highest BCUT2D eigenvalue weighted by molar-refractivity contribution is 5.95. The molecule has 0 saturated carbocycles. The predicted octanol–water partition coefficient (Wildman–Crippen LogP) is 3.02. The molecule has 1 aromatic heterocycles. The first-order valence-corrected chi connectivity index (χ1v) is 8.19. The summed E-state index contributed by atoms with van der Waals surface area (Å²) in [6, 6.07) is 5.88. The number of nitrogens with zero attached hydrogens (tertiary/aromatic N) is 3. The lowest BCUT2D eigenvalue weighted by Gasteiger charge is -2.17. The summed E-state index contributed by atoms with van der Waals surface area (Å²) in [5.41, 5.74) is 1.97. The lowest BCUT2D eigenvalue weighted by Crippen LogP contribution is -2.28. The number of carbonyl (C=O) groups is 1. The zero-order chi connectivity index (χ0) is 17.1. The molecule has 1 aliphatic rings. The van der Waals surface area contributed by atoms with E-state index in [1.807, 2.05) is 13.8 Å². The molecule has 24 heavy (non-hydrogen) atoms. The third kappa shape index (κ3) is 3.53. The zero-order valence-corrected chi connectivity index (χ0v) is 13.9. The third-order valence-electron chi connectivity index (χ3n) is 4.32. The first-order chi connectivity index (χ1) is 11.5. The maximum Gasteiger partial charge on any atom is 0.255 e. The first-order valence-electron chi connectivity index (χ1n) is 8.19. The highest BCUT2D eigenvalue weighted by atomic mass is 19.1. The normalized spacial score (nSPS) is 15.4. The van der Waals surface area contributed by atoms with Crippen molar-refractivity contribution < 1.29 is 9.18 Å². The molecule has 3 rings (SSSR count). The van der Waals surface area contributed by atoms with E-state index in [9.17, 15) is 9.18 Å². The topological polar surface area (TPSA) is 58.1 Å². The number of hydrogen-bond acceptors (Lipinski definition) is 4. The van der Waals surface area contributed by atoms with E-state index in [0.717, 1.165) is 31.5 Å². The van der Waals surface area contributed by atoms with E-state index in [-0.39, 0.29) is 17.8 Å². The Labute approximate surface area is 140 Å². The van der Waals surface area contributed by atoms with Gasteiger partial charge in [0.1, 0.15) is 5.82 Å². The summed E-state index contributed by atoms with van der Waals surface area (Å²) in [6.45, 7) is 5.61. The van der Waals surface area contributed by atoms with Gasteiger partial charge in [0, 0.05) is 19.3 Å². The summed E-state index contributed by atoms with van der Waals surface area (Å²) < 4.78 is 13.0. The van der Waals surface area contributed by atoms with Crippen LogP contribution in [0, 0.1) is 12.7 Å². The molecule has 1 N–H and O–H groups in total. The van der Waals surface area contributed by atoms with Crippen molar-refractivity contribution in [3.63, 3.8) is 0 Å². The maximum absolute atomic E-state index is 13.0. The number of amides is 1. The molecule has 1 aliphatic heterocycles. The molecule has 0 bridgehead atoms. The average Bonchev–Trinajstić information content (AvgIpc) is 3.09. The van der Waals surface area contributed by atoms with Gasteiger partial charge in [0.2, 0.25) is 5.95 Å². The molecule has 0 spiro atoms. The SMILES string of the molecule is Cc1nc(N2CCCC2)ncc1C(=O)NC(C)c1ccc(F)cc1. The molecule has 1 atom stereocenters. The van der Waals surface area contributed by atoms with Crippen LogP contribution in [0.5, 0.6) is 0 Å². The Balaban J connectivity index is 1.71. The quantitative estimate of drug-likeness (QED) is 0.937. The minimum absolute atomic E-state index is 0.225. The smallest absolute Gasteiger partial charge is 0.255 e. The van der Waals surface area contributed by atoms with Gasteiger partial charge in [-0.2, -0.15) is 0 Å². The van der Waals surface area contributed by atoms with E-state index < -0.39 is 0 Å². The summed E-state index contributed by atoms with van der Waals surface area (Å²) in [5, 5.41) is 2.91. The Morgan fingerprint density at radius 1 is 1.25 bits per heavy atom. The van der Waals surface area contributed by atoms with Crippen molar-refractivity contribution in [1.29, 1.82) is 0 Å². The first kappa shape index (κ1) is 16.4. The van der Waals surface area contributed by atoms with Crippen molar-refractivity contribution in [2.75, 3.05) is 18.0 Å². The molecule has 1 saturated heterocycles. The number of carbonyl (C=O) groups excluding carboxylic acids is 1. The van der Waals surface area contributed by atoms with Crippen LogP contribution < -0.4 is 10.2 Å². The maximum atomic E-state index is 13.0. The van der Waals surface area contributed by atoms with Crippen LogP contribution in [0.3, 0.4) is 0 Å². The standard InChI is InChI=1S/C18H21FN4O/c1-12(14-5-7-15(19)8-6-14)21-17(24)16-11-20-18(22-13(16)2)23-9-3-4-10-23/h5-8,11-12H,3-4,9-10H2,1-2H3,(H,21,24). The third-order valence-corrected chi connectivity index (χ3v) is 4.32. The number of anilines is 1. The van der Waals surface area contributed by atoms with Crippen LogP contribution in [0.15, 0.2) is 30.5 Å². The highest BCUT2D eigenvalue weighted by Crippen LogP contribution is 2.18. The number of halogens is 1. The second kappa shape index (κ2) is 6.95. The van der Waals surface area contributed by atoms with Gasteiger partial charge in [-0.3, -0.25) is 4.79 Å². The van der Waals surface area contributed by atoms with Crippen molar-refractivity contribution in [2.45, 2.75) is 32.7 Å². The van der Waals surface area contributed by atoms with Gasteiger partial charge in [-0.05, 0) is 44.4 Å². The van der Waals surface area contributed by atoms with Crippen LogP contribution >= 0.6 is 0 Å². The summed E-state index contributed by atoms with van der Waals surface area (Å²) >= 11 is 0. The summed E-state index contributed by atoms with van der Waals surface area (Å²) in [7, 11) is 0. The molecule has 6 heteroatoms.